The average molecular weight is 264 g/mol. The van der Waals surface area contributed by atoms with Crippen molar-refractivity contribution in [2.24, 2.45) is 5.84 Å². The maximum atomic E-state index is 11.9. The number of amides is 2. The summed E-state index contributed by atoms with van der Waals surface area (Å²) in [4.78, 5) is 23.5. The Balaban J connectivity index is 2.55. The van der Waals surface area contributed by atoms with E-state index in [-0.39, 0.29) is 11.8 Å². The summed E-state index contributed by atoms with van der Waals surface area (Å²) in [5.41, 5.74) is 3.67. The van der Waals surface area contributed by atoms with Crippen molar-refractivity contribution in [3.8, 4) is 0 Å². The number of carbonyl (C=O) groups excluding carboxylic acids is 2. The molecule has 0 radical (unpaired) electrons. The lowest BCUT2D eigenvalue weighted by Crippen LogP contribution is -2.44. The van der Waals surface area contributed by atoms with Gasteiger partial charge >= 0.3 is 0 Å². The second kappa shape index (κ2) is 7.38. The zero-order valence-corrected chi connectivity index (χ0v) is 11.2. The van der Waals surface area contributed by atoms with Crippen LogP contribution in [0.1, 0.15) is 30.6 Å². The van der Waals surface area contributed by atoms with Crippen LogP contribution in [0.3, 0.4) is 0 Å². The lowest BCUT2D eigenvalue weighted by Gasteiger charge is -2.14. The first kappa shape index (κ1) is 15.0. The van der Waals surface area contributed by atoms with Gasteiger partial charge in [-0.15, -0.1) is 0 Å². The standard InChI is InChI=1S/C13H20N4O2/c1-3-8-15-12(18)9(2)16-13(19)10-4-6-11(17-14)7-5-10/h4-7,9,17H,3,8,14H2,1-2H3,(H,15,18)(H,16,19). The number of nitrogen functional groups attached to an aromatic ring is 1. The van der Waals surface area contributed by atoms with E-state index in [9.17, 15) is 9.59 Å². The number of hydrogen-bond acceptors (Lipinski definition) is 4. The molecule has 0 bridgehead atoms. The second-order valence-corrected chi connectivity index (χ2v) is 4.21. The summed E-state index contributed by atoms with van der Waals surface area (Å²) in [6, 6.07) is 6.10. The van der Waals surface area contributed by atoms with Crippen LogP contribution in [0.2, 0.25) is 0 Å². The fourth-order valence-electron chi connectivity index (χ4n) is 1.46. The minimum Gasteiger partial charge on any atom is -0.354 e. The molecule has 0 aliphatic rings. The summed E-state index contributed by atoms with van der Waals surface area (Å²) < 4.78 is 0. The van der Waals surface area contributed by atoms with Crippen molar-refractivity contribution in [1.29, 1.82) is 0 Å². The van der Waals surface area contributed by atoms with Crippen LogP contribution in [-0.2, 0) is 4.79 Å². The third-order valence-corrected chi connectivity index (χ3v) is 2.60. The van der Waals surface area contributed by atoms with Crippen molar-refractivity contribution < 1.29 is 9.59 Å². The number of carbonyl (C=O) groups is 2. The molecule has 0 aliphatic carbocycles. The summed E-state index contributed by atoms with van der Waals surface area (Å²) in [5, 5.41) is 5.37. The van der Waals surface area contributed by atoms with E-state index in [1.54, 1.807) is 31.2 Å². The maximum Gasteiger partial charge on any atom is 0.251 e. The smallest absolute Gasteiger partial charge is 0.251 e. The molecule has 6 nitrogen and oxygen atoms in total. The highest BCUT2D eigenvalue weighted by atomic mass is 16.2. The first-order chi connectivity index (χ1) is 9.08. The highest BCUT2D eigenvalue weighted by Crippen LogP contribution is 2.07. The van der Waals surface area contributed by atoms with Crippen LogP contribution in [0.5, 0.6) is 0 Å². The number of benzene rings is 1. The molecule has 1 unspecified atom stereocenters. The summed E-state index contributed by atoms with van der Waals surface area (Å²) in [6.07, 6.45) is 0.861. The number of hydrogen-bond donors (Lipinski definition) is 4. The Morgan fingerprint density at radius 3 is 2.42 bits per heavy atom. The second-order valence-electron chi connectivity index (χ2n) is 4.21. The normalized spacial score (nSPS) is 11.5. The maximum absolute atomic E-state index is 11.9. The Bertz CT molecular complexity index is 431. The van der Waals surface area contributed by atoms with Crippen molar-refractivity contribution >= 4 is 17.5 Å². The lowest BCUT2D eigenvalue weighted by molar-refractivity contribution is -0.122. The average Bonchev–Trinajstić information content (AvgIpc) is 2.44. The molecule has 19 heavy (non-hydrogen) atoms. The molecule has 0 aromatic heterocycles. The molecule has 2 amide bonds. The first-order valence-electron chi connectivity index (χ1n) is 6.23. The van der Waals surface area contributed by atoms with Crippen molar-refractivity contribution in [1.82, 2.24) is 10.6 Å². The molecule has 1 aromatic rings. The summed E-state index contributed by atoms with van der Waals surface area (Å²) in [7, 11) is 0. The van der Waals surface area contributed by atoms with Crippen LogP contribution in [-0.4, -0.2) is 24.4 Å². The third kappa shape index (κ3) is 4.59. The number of hydrazine groups is 1. The molecule has 0 fully saturated rings. The van der Waals surface area contributed by atoms with Crippen molar-refractivity contribution in [3.05, 3.63) is 29.8 Å². The van der Waals surface area contributed by atoms with Gasteiger partial charge in [0.05, 0.1) is 0 Å². The fraction of sp³-hybridized carbons (Fsp3) is 0.385. The predicted molar refractivity (Wildman–Crippen MR) is 74.5 cm³/mol. The van der Waals surface area contributed by atoms with Gasteiger partial charge in [0.15, 0.2) is 0 Å². The van der Waals surface area contributed by atoms with Crippen LogP contribution < -0.4 is 21.9 Å². The third-order valence-electron chi connectivity index (χ3n) is 2.60. The summed E-state index contributed by atoms with van der Waals surface area (Å²) >= 11 is 0. The molecule has 6 heteroatoms. The van der Waals surface area contributed by atoms with Gasteiger partial charge in [-0.05, 0) is 37.6 Å². The Kier molecular flexibility index (Phi) is 5.81. The first-order valence-corrected chi connectivity index (χ1v) is 6.23. The van der Waals surface area contributed by atoms with E-state index in [0.29, 0.717) is 17.8 Å². The molecule has 1 aromatic carbocycles. The van der Waals surface area contributed by atoms with Gasteiger partial charge in [0, 0.05) is 17.8 Å². The Labute approximate surface area is 112 Å². The van der Waals surface area contributed by atoms with Crippen LogP contribution >= 0.6 is 0 Å². The van der Waals surface area contributed by atoms with Gasteiger partial charge in [-0.1, -0.05) is 6.92 Å². The number of nitrogens with two attached hydrogens (primary N) is 1. The fourth-order valence-corrected chi connectivity index (χ4v) is 1.46. The molecule has 5 N–H and O–H groups in total. The quantitative estimate of drug-likeness (QED) is 0.447. The number of anilines is 1. The van der Waals surface area contributed by atoms with Gasteiger partial charge in [0.25, 0.3) is 5.91 Å². The van der Waals surface area contributed by atoms with E-state index in [4.69, 9.17) is 5.84 Å². The van der Waals surface area contributed by atoms with E-state index in [2.05, 4.69) is 16.1 Å². The van der Waals surface area contributed by atoms with E-state index < -0.39 is 6.04 Å². The van der Waals surface area contributed by atoms with Crippen molar-refractivity contribution in [2.75, 3.05) is 12.0 Å². The predicted octanol–water partition coefficient (Wildman–Crippen LogP) is 0.617. The molecule has 0 saturated heterocycles. The molecule has 0 saturated carbocycles. The van der Waals surface area contributed by atoms with Crippen LogP contribution in [0.4, 0.5) is 5.69 Å². The highest BCUT2D eigenvalue weighted by molar-refractivity contribution is 5.97. The van der Waals surface area contributed by atoms with E-state index in [1.165, 1.54) is 0 Å². The van der Waals surface area contributed by atoms with Crippen LogP contribution in [0.15, 0.2) is 24.3 Å². The van der Waals surface area contributed by atoms with Crippen LogP contribution in [0.25, 0.3) is 0 Å². The molecular formula is C13H20N4O2. The van der Waals surface area contributed by atoms with E-state index in [0.717, 1.165) is 6.42 Å². The minimum absolute atomic E-state index is 0.185. The van der Waals surface area contributed by atoms with Crippen LogP contribution in [0, 0.1) is 0 Å². The lowest BCUT2D eigenvalue weighted by atomic mass is 10.2. The van der Waals surface area contributed by atoms with Crippen molar-refractivity contribution in [2.45, 2.75) is 26.3 Å². The van der Waals surface area contributed by atoms with Gasteiger partial charge in [-0.2, -0.15) is 0 Å². The zero-order valence-electron chi connectivity index (χ0n) is 11.2. The SMILES string of the molecule is CCCNC(=O)C(C)NC(=O)c1ccc(NN)cc1. The molecule has 0 heterocycles. The molecule has 1 atom stereocenters. The van der Waals surface area contributed by atoms with Gasteiger partial charge in [-0.3, -0.25) is 15.4 Å². The Morgan fingerprint density at radius 1 is 1.26 bits per heavy atom. The Hall–Kier alpha value is -2.08. The minimum atomic E-state index is -0.564. The van der Waals surface area contributed by atoms with E-state index in [1.807, 2.05) is 6.92 Å². The molecule has 0 aliphatic heterocycles. The van der Waals surface area contributed by atoms with E-state index >= 15 is 0 Å². The molecule has 104 valence electrons. The zero-order chi connectivity index (χ0) is 14.3. The summed E-state index contributed by atoms with van der Waals surface area (Å²) in [6.45, 7) is 4.23. The van der Waals surface area contributed by atoms with Gasteiger partial charge in [0.1, 0.15) is 6.04 Å². The van der Waals surface area contributed by atoms with Gasteiger partial charge in [-0.25, -0.2) is 0 Å². The van der Waals surface area contributed by atoms with Gasteiger partial charge < -0.3 is 16.1 Å². The monoisotopic (exact) mass is 264 g/mol. The molecule has 0 spiro atoms. The number of nitrogens with one attached hydrogen (secondary N) is 3. The Morgan fingerprint density at radius 2 is 1.89 bits per heavy atom. The molecular weight excluding hydrogens is 244 g/mol. The topological polar surface area (TPSA) is 96.2 Å². The molecule has 1 rings (SSSR count). The largest absolute Gasteiger partial charge is 0.354 e. The number of rotatable bonds is 6. The summed E-state index contributed by atoms with van der Waals surface area (Å²) in [5.74, 6) is 4.77. The van der Waals surface area contributed by atoms with Gasteiger partial charge in [0.2, 0.25) is 5.91 Å². The van der Waals surface area contributed by atoms with Crippen molar-refractivity contribution in [3.63, 3.8) is 0 Å². The highest BCUT2D eigenvalue weighted by Gasteiger charge is 2.15.